The molecule has 0 aliphatic heterocycles. The van der Waals surface area contributed by atoms with Gasteiger partial charge in [0.15, 0.2) is 6.29 Å². The van der Waals surface area contributed by atoms with E-state index >= 15 is 0 Å². The second-order valence-electron chi connectivity index (χ2n) is 1.67. The van der Waals surface area contributed by atoms with Crippen LogP contribution in [0.2, 0.25) is 0 Å². The average molecular weight is 165 g/mol. The molecule has 5 heteroatoms. The highest BCUT2D eigenvalue weighted by Gasteiger charge is 2.08. The fourth-order valence-corrected chi connectivity index (χ4v) is 0.576. The van der Waals surface area contributed by atoms with Crippen LogP contribution in [0.25, 0.3) is 0 Å². The minimum absolute atomic E-state index is 0.787. The predicted octanol–water partition coefficient (Wildman–Crippen LogP) is 1.02. The minimum Gasteiger partial charge on any atom is -0.424 e. The molecular weight excluding hydrogens is 156 g/mol. The van der Waals surface area contributed by atoms with Gasteiger partial charge in [0.25, 0.3) is 0 Å². The van der Waals surface area contributed by atoms with E-state index in [9.17, 15) is 4.79 Å². The van der Waals surface area contributed by atoms with Gasteiger partial charge in [-0.2, -0.15) is 0 Å². The number of aliphatic hydroxyl groups excluding tert-OH is 1. The van der Waals surface area contributed by atoms with Crippen molar-refractivity contribution in [2.24, 2.45) is 0 Å². The SMILES string of the molecule is CC(O)OC(C)OC(=O)[S]. The Morgan fingerprint density at radius 3 is 2.40 bits per heavy atom. The number of rotatable bonds is 3. The van der Waals surface area contributed by atoms with Crippen molar-refractivity contribution in [3.8, 4) is 0 Å². The summed E-state index contributed by atoms with van der Waals surface area (Å²) in [7, 11) is 0. The summed E-state index contributed by atoms with van der Waals surface area (Å²) in [4.78, 5) is 10.1. The third-order valence-corrected chi connectivity index (χ3v) is 0.747. The quantitative estimate of drug-likeness (QED) is 0.501. The van der Waals surface area contributed by atoms with Crippen LogP contribution in [-0.4, -0.2) is 23.0 Å². The molecule has 0 bridgehead atoms. The van der Waals surface area contributed by atoms with Crippen LogP contribution in [-0.2, 0) is 9.47 Å². The monoisotopic (exact) mass is 165 g/mol. The largest absolute Gasteiger partial charge is 0.424 e. The van der Waals surface area contributed by atoms with Crippen molar-refractivity contribution in [2.75, 3.05) is 0 Å². The molecule has 4 nitrogen and oxygen atoms in total. The maximum absolute atomic E-state index is 10.1. The highest BCUT2D eigenvalue weighted by Crippen LogP contribution is 1.99. The Labute approximate surface area is 64.5 Å². The van der Waals surface area contributed by atoms with Crippen LogP contribution in [0, 0.1) is 0 Å². The lowest BCUT2D eigenvalue weighted by Crippen LogP contribution is -2.20. The zero-order valence-electron chi connectivity index (χ0n) is 5.73. The fourth-order valence-electron chi connectivity index (χ4n) is 0.441. The van der Waals surface area contributed by atoms with Crippen LogP contribution in [0.4, 0.5) is 4.79 Å². The lowest BCUT2D eigenvalue weighted by molar-refractivity contribution is -0.187. The average Bonchev–Trinajstić information content (AvgIpc) is 1.58. The van der Waals surface area contributed by atoms with Crippen molar-refractivity contribution in [2.45, 2.75) is 26.4 Å². The van der Waals surface area contributed by atoms with E-state index in [2.05, 4.69) is 22.1 Å². The molecule has 0 aromatic heterocycles. The van der Waals surface area contributed by atoms with Crippen LogP contribution in [0.1, 0.15) is 13.8 Å². The van der Waals surface area contributed by atoms with Crippen LogP contribution >= 0.6 is 12.6 Å². The van der Waals surface area contributed by atoms with Gasteiger partial charge in [-0.25, -0.2) is 4.79 Å². The Kier molecular flexibility index (Phi) is 4.26. The van der Waals surface area contributed by atoms with E-state index in [1.165, 1.54) is 13.8 Å². The van der Waals surface area contributed by atoms with E-state index < -0.39 is 17.9 Å². The Balaban J connectivity index is 3.43. The number of hydrogen-bond acceptors (Lipinski definition) is 4. The maximum Gasteiger partial charge on any atom is 0.402 e. The molecule has 1 N–H and O–H groups in total. The Morgan fingerprint density at radius 2 is 2.10 bits per heavy atom. The van der Waals surface area contributed by atoms with Gasteiger partial charge in [-0.3, -0.25) is 0 Å². The van der Waals surface area contributed by atoms with E-state index in [1.807, 2.05) is 0 Å². The van der Waals surface area contributed by atoms with Gasteiger partial charge in [0, 0.05) is 12.6 Å². The van der Waals surface area contributed by atoms with Gasteiger partial charge >= 0.3 is 5.30 Å². The minimum atomic E-state index is -0.954. The van der Waals surface area contributed by atoms with Gasteiger partial charge < -0.3 is 14.6 Å². The first-order valence-corrected chi connectivity index (χ1v) is 3.14. The van der Waals surface area contributed by atoms with Gasteiger partial charge in [0.05, 0.1) is 0 Å². The highest BCUT2D eigenvalue weighted by molar-refractivity contribution is 7.96. The molecule has 0 saturated heterocycles. The number of carbonyl (C=O) groups excluding carboxylic acids is 1. The van der Waals surface area contributed by atoms with Crippen molar-refractivity contribution < 1.29 is 19.4 Å². The number of carbonyl (C=O) groups is 1. The van der Waals surface area contributed by atoms with E-state index in [0.29, 0.717) is 0 Å². The van der Waals surface area contributed by atoms with E-state index in [1.54, 1.807) is 0 Å². The zero-order valence-corrected chi connectivity index (χ0v) is 6.55. The molecule has 0 heterocycles. The third-order valence-electron chi connectivity index (χ3n) is 0.651. The van der Waals surface area contributed by atoms with Crippen molar-refractivity contribution >= 4 is 17.9 Å². The lowest BCUT2D eigenvalue weighted by atomic mass is 10.7. The van der Waals surface area contributed by atoms with Crippen molar-refractivity contribution in [1.29, 1.82) is 0 Å². The van der Waals surface area contributed by atoms with Crippen LogP contribution in [0.5, 0.6) is 0 Å². The molecule has 0 aromatic carbocycles. The standard InChI is InChI=1S/C5H9O4S/c1-3(6)8-4(2)9-5(7)10/h3-4,6H,1-2H3. The molecule has 2 atom stereocenters. The summed E-state index contributed by atoms with van der Waals surface area (Å²) in [5.41, 5.74) is 0. The first-order valence-electron chi connectivity index (χ1n) is 2.73. The molecule has 0 aliphatic carbocycles. The van der Waals surface area contributed by atoms with E-state index in [4.69, 9.17) is 5.11 Å². The summed E-state index contributed by atoms with van der Waals surface area (Å²) in [6, 6.07) is 0. The molecule has 0 saturated carbocycles. The molecule has 0 rings (SSSR count). The summed E-state index contributed by atoms with van der Waals surface area (Å²) in [5, 5.41) is 7.75. The van der Waals surface area contributed by atoms with Crippen molar-refractivity contribution in [3.05, 3.63) is 0 Å². The summed E-state index contributed by atoms with van der Waals surface area (Å²) in [5.74, 6) is 0. The maximum atomic E-state index is 10.1. The van der Waals surface area contributed by atoms with Gasteiger partial charge in [-0.15, -0.1) is 0 Å². The summed E-state index contributed by atoms with van der Waals surface area (Å²) >= 11 is 4.09. The Morgan fingerprint density at radius 1 is 1.60 bits per heavy atom. The molecule has 0 fully saturated rings. The zero-order chi connectivity index (χ0) is 8.15. The van der Waals surface area contributed by atoms with E-state index in [0.717, 1.165) is 0 Å². The van der Waals surface area contributed by atoms with Gasteiger partial charge in [0.2, 0.25) is 6.29 Å². The van der Waals surface area contributed by atoms with Crippen LogP contribution in [0.15, 0.2) is 0 Å². The third kappa shape index (κ3) is 5.74. The number of hydrogen-bond donors (Lipinski definition) is 1. The fraction of sp³-hybridized carbons (Fsp3) is 0.800. The highest BCUT2D eigenvalue weighted by atomic mass is 32.1. The second-order valence-corrected chi connectivity index (χ2v) is 2.00. The summed E-state index contributed by atoms with van der Waals surface area (Å²) < 4.78 is 8.96. The first-order chi connectivity index (χ1) is 4.52. The van der Waals surface area contributed by atoms with Gasteiger partial charge in [-0.1, -0.05) is 0 Å². The number of aliphatic hydroxyl groups is 1. The molecule has 10 heavy (non-hydrogen) atoms. The predicted molar refractivity (Wildman–Crippen MR) is 36.3 cm³/mol. The smallest absolute Gasteiger partial charge is 0.402 e. The second kappa shape index (κ2) is 4.43. The molecule has 2 unspecified atom stereocenters. The number of ether oxygens (including phenoxy) is 2. The Hall–Kier alpha value is -0.390. The normalized spacial score (nSPS) is 15.9. The molecule has 59 valence electrons. The topological polar surface area (TPSA) is 55.8 Å². The molecular formula is C5H9O4S. The molecule has 0 amide bonds. The van der Waals surface area contributed by atoms with Crippen molar-refractivity contribution in [3.63, 3.8) is 0 Å². The molecule has 0 aromatic rings. The first kappa shape index (κ1) is 9.61. The Bertz CT molecular complexity index is 114. The van der Waals surface area contributed by atoms with Crippen LogP contribution in [0.3, 0.4) is 0 Å². The molecule has 0 aliphatic rings. The molecule has 1 radical (unpaired) electrons. The van der Waals surface area contributed by atoms with E-state index in [-0.39, 0.29) is 0 Å². The van der Waals surface area contributed by atoms with Gasteiger partial charge in [0.1, 0.15) is 0 Å². The summed E-state index contributed by atoms with van der Waals surface area (Å²) in [6.45, 7) is 2.88. The summed E-state index contributed by atoms with van der Waals surface area (Å²) in [6.07, 6.45) is -1.74. The van der Waals surface area contributed by atoms with Gasteiger partial charge in [-0.05, 0) is 13.8 Å². The van der Waals surface area contributed by atoms with Crippen molar-refractivity contribution in [1.82, 2.24) is 0 Å². The van der Waals surface area contributed by atoms with Crippen LogP contribution < -0.4 is 0 Å². The molecule has 0 spiro atoms. The lowest BCUT2D eigenvalue weighted by Gasteiger charge is -2.13.